The van der Waals surface area contributed by atoms with Crippen molar-refractivity contribution in [1.29, 1.82) is 0 Å². The topological polar surface area (TPSA) is 17.1 Å². The second-order valence-electron chi connectivity index (χ2n) is 3.98. The Kier molecular flexibility index (Phi) is 7.66. The maximum absolute atomic E-state index is 10.6. The minimum Gasteiger partial charge on any atom is -0.298 e. The van der Waals surface area contributed by atoms with Gasteiger partial charge in [-0.25, -0.2) is 0 Å². The van der Waals surface area contributed by atoms with Gasteiger partial charge in [-0.05, 0) is 30.8 Å². The predicted molar refractivity (Wildman–Crippen MR) is 57.7 cm³/mol. The maximum atomic E-state index is 10.6. The van der Waals surface area contributed by atoms with Gasteiger partial charge in [0.15, 0.2) is 0 Å². The van der Waals surface area contributed by atoms with Crippen molar-refractivity contribution in [3.8, 4) is 0 Å². The molecule has 0 rings (SSSR count). The molecule has 0 N–H and O–H groups in total. The number of carbonyl (C=O) groups excluding carboxylic acids is 1. The maximum Gasteiger partial charge on any atom is 0.145 e. The molecule has 0 radical (unpaired) electrons. The molecule has 0 aromatic heterocycles. The number of aldehydes is 1. The number of allylic oxidation sites excluding steroid dienone is 2. The SMILES string of the molecule is CCCCC/C(C=O)=C/CC(C)C. The monoisotopic (exact) mass is 182 g/mol. The fourth-order valence-electron chi connectivity index (χ4n) is 1.18. The van der Waals surface area contributed by atoms with Gasteiger partial charge >= 0.3 is 0 Å². The molecule has 0 atom stereocenters. The van der Waals surface area contributed by atoms with E-state index in [0.717, 1.165) is 31.1 Å². The van der Waals surface area contributed by atoms with Crippen molar-refractivity contribution in [2.24, 2.45) is 5.92 Å². The molecule has 1 heteroatoms. The van der Waals surface area contributed by atoms with Crippen LogP contribution in [0, 0.1) is 5.92 Å². The van der Waals surface area contributed by atoms with Gasteiger partial charge in [-0.3, -0.25) is 4.79 Å². The summed E-state index contributed by atoms with van der Waals surface area (Å²) < 4.78 is 0. The van der Waals surface area contributed by atoms with Gasteiger partial charge in [0.2, 0.25) is 0 Å². The summed E-state index contributed by atoms with van der Waals surface area (Å²) in [4.78, 5) is 10.6. The molecule has 0 fully saturated rings. The van der Waals surface area contributed by atoms with Crippen LogP contribution in [-0.2, 0) is 4.79 Å². The van der Waals surface area contributed by atoms with Gasteiger partial charge in [0.25, 0.3) is 0 Å². The molecule has 76 valence electrons. The molecule has 1 nitrogen and oxygen atoms in total. The lowest BCUT2D eigenvalue weighted by Crippen LogP contribution is -1.89. The molecule has 0 aromatic rings. The van der Waals surface area contributed by atoms with Crippen LogP contribution in [0.2, 0.25) is 0 Å². The van der Waals surface area contributed by atoms with Crippen LogP contribution in [0.25, 0.3) is 0 Å². The minimum atomic E-state index is 0.654. The Morgan fingerprint density at radius 3 is 2.46 bits per heavy atom. The predicted octanol–water partition coefficient (Wildman–Crippen LogP) is 3.74. The molecule has 0 unspecified atom stereocenters. The van der Waals surface area contributed by atoms with E-state index in [2.05, 4.69) is 26.8 Å². The van der Waals surface area contributed by atoms with Crippen molar-refractivity contribution >= 4 is 6.29 Å². The molecule has 0 aliphatic rings. The molecular formula is C12H22O. The smallest absolute Gasteiger partial charge is 0.145 e. The lowest BCUT2D eigenvalue weighted by molar-refractivity contribution is -0.105. The standard InChI is InChI=1S/C12H22O/c1-4-5-6-7-12(10-13)9-8-11(2)3/h9-11H,4-8H2,1-3H3/b12-9-. The number of unbranched alkanes of at least 4 members (excludes halogenated alkanes) is 2. The first-order chi connectivity index (χ1) is 6.20. The van der Waals surface area contributed by atoms with Crippen molar-refractivity contribution < 1.29 is 4.79 Å². The zero-order valence-electron chi connectivity index (χ0n) is 9.18. The molecule has 13 heavy (non-hydrogen) atoms. The highest BCUT2D eigenvalue weighted by atomic mass is 16.1. The molecule has 0 saturated carbocycles. The normalized spacial score (nSPS) is 12.2. The van der Waals surface area contributed by atoms with Crippen LogP contribution >= 0.6 is 0 Å². The van der Waals surface area contributed by atoms with E-state index in [0.29, 0.717) is 5.92 Å². The Hall–Kier alpha value is -0.590. The van der Waals surface area contributed by atoms with Gasteiger partial charge in [0, 0.05) is 0 Å². The van der Waals surface area contributed by atoms with Crippen molar-refractivity contribution in [3.63, 3.8) is 0 Å². The van der Waals surface area contributed by atoms with E-state index >= 15 is 0 Å². The summed E-state index contributed by atoms with van der Waals surface area (Å²) >= 11 is 0. The van der Waals surface area contributed by atoms with Crippen LogP contribution in [0.3, 0.4) is 0 Å². The van der Waals surface area contributed by atoms with Gasteiger partial charge in [-0.1, -0.05) is 39.7 Å². The fourth-order valence-corrected chi connectivity index (χ4v) is 1.18. The van der Waals surface area contributed by atoms with Crippen LogP contribution < -0.4 is 0 Å². The molecule has 0 aliphatic heterocycles. The zero-order valence-corrected chi connectivity index (χ0v) is 9.18. The Morgan fingerprint density at radius 1 is 1.31 bits per heavy atom. The average molecular weight is 182 g/mol. The molecular weight excluding hydrogens is 160 g/mol. The third kappa shape index (κ3) is 7.76. The summed E-state index contributed by atoms with van der Waals surface area (Å²) in [6.07, 6.45) is 8.69. The second-order valence-corrected chi connectivity index (χ2v) is 3.98. The van der Waals surface area contributed by atoms with Crippen LogP contribution in [0.15, 0.2) is 11.6 Å². The third-order valence-electron chi connectivity index (χ3n) is 2.07. The first-order valence-corrected chi connectivity index (χ1v) is 5.34. The van der Waals surface area contributed by atoms with Gasteiger partial charge in [0.05, 0.1) is 0 Å². The van der Waals surface area contributed by atoms with Crippen molar-refractivity contribution in [2.45, 2.75) is 52.9 Å². The van der Waals surface area contributed by atoms with Gasteiger partial charge in [-0.15, -0.1) is 0 Å². The first kappa shape index (κ1) is 12.4. The highest BCUT2D eigenvalue weighted by Crippen LogP contribution is 2.10. The van der Waals surface area contributed by atoms with Gasteiger partial charge in [0.1, 0.15) is 6.29 Å². The van der Waals surface area contributed by atoms with Gasteiger partial charge < -0.3 is 0 Å². The Balaban J connectivity index is 3.73. The van der Waals surface area contributed by atoms with E-state index in [9.17, 15) is 4.79 Å². The van der Waals surface area contributed by atoms with E-state index < -0.39 is 0 Å². The minimum absolute atomic E-state index is 0.654. The zero-order chi connectivity index (χ0) is 10.1. The van der Waals surface area contributed by atoms with Crippen molar-refractivity contribution in [1.82, 2.24) is 0 Å². The molecule has 0 aromatic carbocycles. The highest BCUT2D eigenvalue weighted by Gasteiger charge is 1.96. The van der Waals surface area contributed by atoms with E-state index in [1.165, 1.54) is 12.8 Å². The van der Waals surface area contributed by atoms with Crippen molar-refractivity contribution in [2.75, 3.05) is 0 Å². The van der Waals surface area contributed by atoms with E-state index in [1.807, 2.05) is 0 Å². The molecule has 0 aliphatic carbocycles. The summed E-state index contributed by atoms with van der Waals surface area (Å²) in [6.45, 7) is 6.52. The Labute approximate surface area is 82.2 Å². The summed E-state index contributed by atoms with van der Waals surface area (Å²) in [5, 5.41) is 0. The Bertz CT molecular complexity index is 157. The third-order valence-corrected chi connectivity index (χ3v) is 2.07. The highest BCUT2D eigenvalue weighted by molar-refractivity contribution is 5.72. The van der Waals surface area contributed by atoms with Gasteiger partial charge in [-0.2, -0.15) is 0 Å². The Morgan fingerprint density at radius 2 is 2.00 bits per heavy atom. The summed E-state index contributed by atoms with van der Waals surface area (Å²) in [7, 11) is 0. The summed E-state index contributed by atoms with van der Waals surface area (Å²) in [6, 6.07) is 0. The number of rotatable bonds is 7. The molecule has 0 amide bonds. The lowest BCUT2D eigenvalue weighted by Gasteiger charge is -2.01. The van der Waals surface area contributed by atoms with Crippen LogP contribution in [0.5, 0.6) is 0 Å². The first-order valence-electron chi connectivity index (χ1n) is 5.34. The van der Waals surface area contributed by atoms with E-state index in [-0.39, 0.29) is 0 Å². The van der Waals surface area contributed by atoms with Crippen LogP contribution in [0.4, 0.5) is 0 Å². The number of carbonyl (C=O) groups is 1. The lowest BCUT2D eigenvalue weighted by atomic mass is 10.0. The second kappa shape index (κ2) is 8.03. The number of hydrogen-bond donors (Lipinski definition) is 0. The van der Waals surface area contributed by atoms with E-state index in [4.69, 9.17) is 0 Å². The summed E-state index contributed by atoms with van der Waals surface area (Å²) in [5.41, 5.74) is 0.988. The average Bonchev–Trinajstić information content (AvgIpc) is 2.10. The van der Waals surface area contributed by atoms with E-state index in [1.54, 1.807) is 0 Å². The molecule has 0 bridgehead atoms. The van der Waals surface area contributed by atoms with Crippen molar-refractivity contribution in [3.05, 3.63) is 11.6 Å². The molecule has 0 spiro atoms. The number of hydrogen-bond acceptors (Lipinski definition) is 1. The molecule has 0 heterocycles. The van der Waals surface area contributed by atoms with Crippen LogP contribution in [-0.4, -0.2) is 6.29 Å². The fraction of sp³-hybridized carbons (Fsp3) is 0.750. The van der Waals surface area contributed by atoms with Crippen LogP contribution in [0.1, 0.15) is 52.9 Å². The quantitative estimate of drug-likeness (QED) is 0.333. The molecule has 0 saturated heterocycles. The largest absolute Gasteiger partial charge is 0.298 e. The summed E-state index contributed by atoms with van der Waals surface area (Å²) in [5.74, 6) is 0.654.